The maximum atomic E-state index is 11.6. The van der Waals surface area contributed by atoms with Gasteiger partial charge >= 0.3 is 50.8 Å². The molecule has 0 aliphatic rings. The average Bonchev–Trinajstić information content (AvgIpc) is 3.02. The topological polar surface area (TPSA) is 0 Å². The predicted octanol–water partition coefficient (Wildman–Crippen LogP) is -0.359. The molecule has 0 radical (unpaired) electrons. The molecule has 24 heavy (non-hydrogen) atoms. The number of alkyl halides is 6. The van der Waals surface area contributed by atoms with Crippen LogP contribution in [0.2, 0.25) is 13.1 Å². The second kappa shape index (κ2) is 13.1. The minimum absolute atomic E-state index is 0. The fourth-order valence-corrected chi connectivity index (χ4v) is 1.13. The van der Waals surface area contributed by atoms with Gasteiger partial charge in [0.1, 0.15) is 0 Å². The van der Waals surface area contributed by atoms with Crippen molar-refractivity contribution in [1.29, 1.82) is 0 Å². The van der Waals surface area contributed by atoms with E-state index >= 15 is 0 Å². The number of halogens is 8. The first-order valence-corrected chi connectivity index (χ1v) is 10.9. The standard InChI is InChI=1S/2C6H4F3.C2H6Si.2ClH.Ti/c2*7-6(8,9)5-3-1-2-4-5;1-3-2;;;/h2*1-4H;1-2H3;2*1H;/q2*-1;;;;+2/p-2. The van der Waals surface area contributed by atoms with Crippen LogP contribution in [0.25, 0.3) is 0 Å². The van der Waals surface area contributed by atoms with Crippen molar-refractivity contribution in [2.24, 2.45) is 0 Å². The first-order chi connectivity index (χ1) is 9.94. The average molecular weight is 443 g/mol. The van der Waals surface area contributed by atoms with Crippen molar-refractivity contribution in [1.82, 2.24) is 0 Å². The smallest absolute Gasteiger partial charge is 0.360 e. The molecule has 2 aromatic rings. The Labute approximate surface area is 161 Å². The van der Waals surface area contributed by atoms with Gasteiger partial charge in [0.25, 0.3) is 0 Å². The fourth-order valence-electron chi connectivity index (χ4n) is 1.13. The molecule has 2 rings (SSSR count). The third-order valence-corrected chi connectivity index (χ3v) is 1.98. The number of hydrogen-bond donors (Lipinski definition) is 0. The summed E-state index contributed by atoms with van der Waals surface area (Å²) < 4.78 is 69.7. The zero-order valence-corrected chi connectivity index (χ0v) is 16.7. The minimum Gasteiger partial charge on any atom is -1.00 e. The van der Waals surface area contributed by atoms with Crippen LogP contribution in [0.15, 0.2) is 48.5 Å². The van der Waals surface area contributed by atoms with Gasteiger partial charge in [0, 0.05) is 0 Å². The summed E-state index contributed by atoms with van der Waals surface area (Å²) in [6, 6.07) is 9.62. The quantitative estimate of drug-likeness (QED) is 0.297. The molecule has 0 nitrogen and oxygen atoms in total. The molecule has 0 fully saturated rings. The van der Waals surface area contributed by atoms with Gasteiger partial charge in [0.2, 0.25) is 0 Å². The molecule has 0 aliphatic carbocycles. The summed E-state index contributed by atoms with van der Waals surface area (Å²) in [6.45, 7) is 4.54. The molecule has 0 spiro atoms. The molecule has 136 valence electrons. The van der Waals surface area contributed by atoms with Gasteiger partial charge in [-0.25, -0.2) is 12.1 Å². The summed E-state index contributed by atoms with van der Waals surface area (Å²) in [6.07, 6.45) is -8.23. The van der Waals surface area contributed by atoms with Gasteiger partial charge in [-0.2, -0.15) is 62.7 Å². The van der Waals surface area contributed by atoms with Gasteiger partial charge < -0.3 is 24.8 Å². The van der Waals surface area contributed by atoms with Crippen LogP contribution in [0.1, 0.15) is 11.1 Å². The molecule has 2 aromatic carbocycles. The van der Waals surface area contributed by atoms with Gasteiger partial charge in [0.15, 0.2) is 0 Å². The SMILES string of the molecule is C[Si](C)=[Ti+2].FC(F)(F)c1cc[cH-]c1.FC(F)(F)c1cc[cH-]c1.[Cl-].[Cl-]. The molecule has 0 saturated heterocycles. The molecule has 0 atom stereocenters. The van der Waals surface area contributed by atoms with Gasteiger partial charge in [-0.15, -0.1) is 0 Å². The molecule has 0 unspecified atom stereocenters. The van der Waals surface area contributed by atoms with Crippen LogP contribution < -0.4 is 24.8 Å². The van der Waals surface area contributed by atoms with Crippen LogP contribution in [-0.2, 0) is 31.5 Å². The van der Waals surface area contributed by atoms with Crippen LogP contribution in [-0.4, -0.2) is 6.19 Å². The Bertz CT molecular complexity index is 484. The summed E-state index contributed by atoms with van der Waals surface area (Å²) >= 11 is 2.27. The van der Waals surface area contributed by atoms with Crippen molar-refractivity contribution >= 4 is 6.19 Å². The van der Waals surface area contributed by atoms with E-state index in [1.165, 1.54) is 24.3 Å². The summed E-state index contributed by atoms with van der Waals surface area (Å²) in [5.74, 6) is 0. The van der Waals surface area contributed by atoms with Crippen molar-refractivity contribution in [2.75, 3.05) is 0 Å². The zero-order chi connectivity index (χ0) is 17.4. The Hall–Kier alpha value is -0.209. The second-order valence-electron chi connectivity index (χ2n) is 4.34. The first-order valence-electron chi connectivity index (χ1n) is 6.04. The third-order valence-electron chi connectivity index (χ3n) is 1.98. The Balaban J connectivity index is -0.000000283. The van der Waals surface area contributed by atoms with Crippen LogP contribution in [0.5, 0.6) is 0 Å². The molecule has 0 heterocycles. The second-order valence-corrected chi connectivity index (χ2v) is 11.0. The number of rotatable bonds is 0. The van der Waals surface area contributed by atoms with E-state index in [4.69, 9.17) is 0 Å². The van der Waals surface area contributed by atoms with E-state index in [-0.39, 0.29) is 31.0 Å². The Morgan fingerprint density at radius 2 is 1.04 bits per heavy atom. The molecule has 10 heteroatoms. The van der Waals surface area contributed by atoms with E-state index in [9.17, 15) is 26.3 Å². The van der Waals surface area contributed by atoms with Crippen molar-refractivity contribution in [3.63, 3.8) is 0 Å². The van der Waals surface area contributed by atoms with E-state index in [2.05, 4.69) is 32.3 Å². The van der Waals surface area contributed by atoms with E-state index in [0.29, 0.717) is 0 Å². The zero-order valence-electron chi connectivity index (χ0n) is 12.6. The van der Waals surface area contributed by atoms with E-state index < -0.39 is 23.5 Å². The van der Waals surface area contributed by atoms with Gasteiger partial charge in [-0.05, 0) is 0 Å². The van der Waals surface area contributed by atoms with Crippen molar-refractivity contribution in [3.05, 3.63) is 59.7 Å². The first kappa shape index (κ1) is 28.6. The van der Waals surface area contributed by atoms with E-state index in [1.54, 1.807) is 0 Å². The summed E-state index contributed by atoms with van der Waals surface area (Å²) in [7, 11) is 0. The molecule has 0 aliphatic heterocycles. The predicted molar refractivity (Wildman–Crippen MR) is 71.6 cm³/mol. The fraction of sp³-hybridized carbons (Fsp3) is 0.286. The Morgan fingerprint density at radius 3 is 1.12 bits per heavy atom. The monoisotopic (exact) mass is 442 g/mol. The molecular weight excluding hydrogens is 429 g/mol. The molecule has 0 N–H and O–H groups in total. The molecule has 0 amide bonds. The van der Waals surface area contributed by atoms with Gasteiger partial charge in [-0.3, -0.25) is 0 Å². The van der Waals surface area contributed by atoms with Crippen LogP contribution >= 0.6 is 0 Å². The minimum atomic E-state index is -4.18. The van der Waals surface area contributed by atoms with Gasteiger partial charge in [0.05, 0.1) is 0 Å². The third kappa shape index (κ3) is 14.2. The maximum absolute atomic E-state index is 11.6. The maximum Gasteiger partial charge on any atom is 0.360 e. The summed E-state index contributed by atoms with van der Waals surface area (Å²) in [5, 5.41) is 0. The molecule has 0 aromatic heterocycles. The van der Waals surface area contributed by atoms with Crippen molar-refractivity contribution < 1.29 is 70.3 Å². The van der Waals surface area contributed by atoms with Crippen LogP contribution in [0.3, 0.4) is 0 Å². The summed E-state index contributed by atoms with van der Waals surface area (Å²) in [5.41, 5.74) is -1.16. The Kier molecular flexibility index (Phi) is 15.6. The van der Waals surface area contributed by atoms with Crippen molar-refractivity contribution in [2.45, 2.75) is 25.4 Å². The van der Waals surface area contributed by atoms with E-state index in [0.717, 1.165) is 24.3 Å². The largest absolute Gasteiger partial charge is 1.00 e. The van der Waals surface area contributed by atoms with Crippen molar-refractivity contribution in [3.8, 4) is 0 Å². The molecule has 0 saturated carbocycles. The Morgan fingerprint density at radius 1 is 0.792 bits per heavy atom. The summed E-state index contributed by atoms with van der Waals surface area (Å²) in [4.78, 5) is 0. The van der Waals surface area contributed by atoms with Crippen LogP contribution in [0.4, 0.5) is 26.3 Å². The van der Waals surface area contributed by atoms with Crippen LogP contribution in [0, 0.1) is 0 Å². The number of hydrogen-bond acceptors (Lipinski definition) is 0. The molecule has 0 bridgehead atoms. The molecular formula is C14H14Cl2F6SiTi-2. The van der Waals surface area contributed by atoms with Gasteiger partial charge in [-0.1, -0.05) is 11.1 Å². The normalized spacial score (nSPS) is 10.1. The van der Waals surface area contributed by atoms with E-state index in [1.807, 2.05) is 0 Å².